The molecule has 0 unspecified atom stereocenters. The smallest absolute Gasteiger partial charge is 0.351 e. The lowest BCUT2D eigenvalue weighted by molar-refractivity contribution is -0.141. The molecule has 0 radical (unpaired) electrons. The number of nitrogens with one attached hydrogen (secondary N) is 1. The summed E-state index contributed by atoms with van der Waals surface area (Å²) in [5, 5.41) is 2.41. The zero-order valence-electron chi connectivity index (χ0n) is 18.2. The minimum Gasteiger partial charge on any atom is -0.351 e. The molecule has 13 heteroatoms. The monoisotopic (exact) mass is 491 g/mol. The number of hydrogen-bond donors (Lipinski definition) is 2. The molecule has 0 saturated carbocycles. The van der Waals surface area contributed by atoms with Gasteiger partial charge in [0, 0.05) is 38.2 Å². The average molecular weight is 491 g/mol. The SMILES string of the molecule is CCCNC(=O)c1c(C(F)(F)F)nc2n1CCN(C(=O)C[C@@H](N)Cc1cc(F)c(F)cc1F)C2. The van der Waals surface area contributed by atoms with E-state index in [4.69, 9.17) is 5.73 Å². The van der Waals surface area contributed by atoms with Crippen molar-refractivity contribution < 1.29 is 35.9 Å². The van der Waals surface area contributed by atoms with E-state index in [0.29, 0.717) is 18.6 Å². The van der Waals surface area contributed by atoms with Crippen molar-refractivity contribution in [3.63, 3.8) is 0 Å². The Hall–Kier alpha value is -3.09. The average Bonchev–Trinajstić information content (AvgIpc) is 3.15. The number of nitrogens with zero attached hydrogens (tertiary/aromatic N) is 3. The third kappa shape index (κ3) is 5.51. The van der Waals surface area contributed by atoms with Gasteiger partial charge in [0.15, 0.2) is 17.3 Å². The maximum Gasteiger partial charge on any atom is 0.435 e. The van der Waals surface area contributed by atoms with Gasteiger partial charge in [-0.15, -0.1) is 0 Å². The van der Waals surface area contributed by atoms with Gasteiger partial charge in [-0.3, -0.25) is 9.59 Å². The minimum absolute atomic E-state index is 0.000193. The van der Waals surface area contributed by atoms with Gasteiger partial charge in [-0.1, -0.05) is 6.92 Å². The van der Waals surface area contributed by atoms with Gasteiger partial charge in [0.2, 0.25) is 5.91 Å². The predicted molar refractivity (Wildman–Crippen MR) is 108 cm³/mol. The van der Waals surface area contributed by atoms with Gasteiger partial charge < -0.3 is 20.5 Å². The molecule has 0 aliphatic carbocycles. The number of benzene rings is 1. The molecule has 7 nitrogen and oxygen atoms in total. The highest BCUT2D eigenvalue weighted by atomic mass is 19.4. The van der Waals surface area contributed by atoms with Crippen LogP contribution < -0.4 is 11.1 Å². The first-order valence-electron chi connectivity index (χ1n) is 10.5. The van der Waals surface area contributed by atoms with Gasteiger partial charge in [0.25, 0.3) is 5.91 Å². The van der Waals surface area contributed by atoms with E-state index in [0.717, 1.165) is 4.57 Å². The molecule has 186 valence electrons. The van der Waals surface area contributed by atoms with E-state index in [1.165, 1.54) is 4.90 Å². The molecule has 34 heavy (non-hydrogen) atoms. The molecule has 1 aromatic heterocycles. The highest BCUT2D eigenvalue weighted by Crippen LogP contribution is 2.33. The Morgan fingerprint density at radius 2 is 1.82 bits per heavy atom. The first-order chi connectivity index (χ1) is 15.9. The van der Waals surface area contributed by atoms with Crippen LogP contribution in [-0.4, -0.2) is 45.4 Å². The first-order valence-corrected chi connectivity index (χ1v) is 10.5. The molecular weight excluding hydrogens is 468 g/mol. The van der Waals surface area contributed by atoms with Gasteiger partial charge in [0.05, 0.1) is 6.54 Å². The first kappa shape index (κ1) is 25.5. The van der Waals surface area contributed by atoms with Gasteiger partial charge >= 0.3 is 6.18 Å². The van der Waals surface area contributed by atoms with Gasteiger partial charge in [0.1, 0.15) is 17.3 Å². The number of nitrogens with two attached hydrogens (primary N) is 1. The van der Waals surface area contributed by atoms with E-state index in [9.17, 15) is 35.9 Å². The second kappa shape index (κ2) is 10.0. The summed E-state index contributed by atoms with van der Waals surface area (Å²) in [4.78, 5) is 29.8. The van der Waals surface area contributed by atoms with E-state index in [2.05, 4.69) is 10.3 Å². The van der Waals surface area contributed by atoms with Gasteiger partial charge in [-0.25, -0.2) is 18.2 Å². The fourth-order valence-corrected chi connectivity index (χ4v) is 3.72. The van der Waals surface area contributed by atoms with Gasteiger partial charge in [-0.05, 0) is 24.5 Å². The summed E-state index contributed by atoms with van der Waals surface area (Å²) < 4.78 is 81.9. The lowest BCUT2D eigenvalue weighted by Crippen LogP contribution is -2.42. The Labute approximate surface area is 190 Å². The van der Waals surface area contributed by atoms with Crippen molar-refractivity contribution in [1.82, 2.24) is 19.8 Å². The Balaban J connectivity index is 1.73. The Kier molecular flexibility index (Phi) is 7.54. The second-order valence-corrected chi connectivity index (χ2v) is 7.97. The summed E-state index contributed by atoms with van der Waals surface area (Å²) in [6, 6.07) is 0.0989. The fourth-order valence-electron chi connectivity index (χ4n) is 3.72. The predicted octanol–water partition coefficient (Wildman–Crippen LogP) is 2.76. The summed E-state index contributed by atoms with van der Waals surface area (Å²) in [5.41, 5.74) is 3.75. The van der Waals surface area contributed by atoms with Crippen molar-refractivity contribution in [3.8, 4) is 0 Å². The van der Waals surface area contributed by atoms with Crippen LogP contribution in [0.5, 0.6) is 0 Å². The summed E-state index contributed by atoms with van der Waals surface area (Å²) >= 11 is 0. The zero-order valence-corrected chi connectivity index (χ0v) is 18.2. The molecule has 0 fully saturated rings. The van der Waals surface area contributed by atoms with Crippen LogP contribution in [0.25, 0.3) is 0 Å². The minimum atomic E-state index is -4.87. The van der Waals surface area contributed by atoms with Crippen molar-refractivity contribution in [2.45, 2.75) is 51.5 Å². The molecule has 2 amide bonds. The highest BCUT2D eigenvalue weighted by molar-refractivity contribution is 5.94. The van der Waals surface area contributed by atoms with Crippen molar-refractivity contribution >= 4 is 11.8 Å². The van der Waals surface area contributed by atoms with Gasteiger partial charge in [-0.2, -0.15) is 13.2 Å². The lowest BCUT2D eigenvalue weighted by atomic mass is 10.0. The molecule has 3 rings (SSSR count). The maximum atomic E-state index is 13.8. The topological polar surface area (TPSA) is 93.2 Å². The zero-order chi connectivity index (χ0) is 25.2. The van der Waals surface area contributed by atoms with Crippen LogP contribution in [0.1, 0.15) is 47.3 Å². The van der Waals surface area contributed by atoms with E-state index >= 15 is 0 Å². The van der Waals surface area contributed by atoms with Crippen LogP contribution in [0.3, 0.4) is 0 Å². The lowest BCUT2D eigenvalue weighted by Gasteiger charge is -2.29. The van der Waals surface area contributed by atoms with Crippen LogP contribution in [0.2, 0.25) is 0 Å². The number of amides is 2. The quantitative estimate of drug-likeness (QED) is 0.460. The normalized spacial score (nSPS) is 14.6. The molecule has 0 bridgehead atoms. The van der Waals surface area contributed by atoms with Crippen LogP contribution in [0, 0.1) is 17.5 Å². The summed E-state index contributed by atoms with van der Waals surface area (Å²) in [6.07, 6.45) is -4.90. The summed E-state index contributed by atoms with van der Waals surface area (Å²) in [6.45, 7) is 1.57. The number of fused-ring (bicyclic) bond motifs is 1. The summed E-state index contributed by atoms with van der Waals surface area (Å²) in [7, 11) is 0. The highest BCUT2D eigenvalue weighted by Gasteiger charge is 2.42. The van der Waals surface area contributed by atoms with Crippen molar-refractivity contribution in [1.29, 1.82) is 0 Å². The molecular formula is C21H23F6N5O2. The van der Waals surface area contributed by atoms with Crippen LogP contribution >= 0.6 is 0 Å². The molecule has 3 N–H and O–H groups in total. The van der Waals surface area contributed by atoms with E-state index in [-0.39, 0.29) is 50.4 Å². The molecule has 2 aromatic rings. The molecule has 1 aliphatic heterocycles. The Morgan fingerprint density at radius 1 is 1.15 bits per heavy atom. The fraction of sp³-hybridized carbons (Fsp3) is 0.476. The number of imidazole rings is 1. The summed E-state index contributed by atoms with van der Waals surface area (Å²) in [5.74, 6) is -5.14. The third-order valence-corrected chi connectivity index (χ3v) is 5.35. The number of halogens is 6. The third-order valence-electron chi connectivity index (χ3n) is 5.35. The standard InChI is InChI=1S/C21H23F6N5O2/c1-2-3-29-20(34)18-19(21(25,26)27)30-16-10-31(4-5-32(16)18)17(33)8-12(28)6-11-7-14(23)15(24)9-13(11)22/h7,9,12H,2-6,8,10,28H2,1H3,(H,29,34)/t12-/m0/s1. The molecule has 1 aliphatic rings. The van der Waals surface area contributed by atoms with Crippen LogP contribution in [0.15, 0.2) is 12.1 Å². The number of rotatable bonds is 7. The van der Waals surface area contributed by atoms with E-state index in [1.807, 2.05) is 0 Å². The number of hydrogen-bond acceptors (Lipinski definition) is 4. The van der Waals surface area contributed by atoms with Crippen LogP contribution in [0.4, 0.5) is 26.3 Å². The largest absolute Gasteiger partial charge is 0.435 e. The molecule has 2 heterocycles. The number of aromatic nitrogens is 2. The Morgan fingerprint density at radius 3 is 2.47 bits per heavy atom. The molecule has 1 aromatic carbocycles. The van der Waals surface area contributed by atoms with E-state index < -0.39 is 52.9 Å². The van der Waals surface area contributed by atoms with E-state index in [1.54, 1.807) is 6.92 Å². The Bertz CT molecular complexity index is 1080. The molecule has 0 spiro atoms. The number of carbonyl (C=O) groups is 2. The van der Waals surface area contributed by atoms with Crippen molar-refractivity contribution in [3.05, 3.63) is 52.4 Å². The van der Waals surface area contributed by atoms with Crippen molar-refractivity contribution in [2.24, 2.45) is 5.73 Å². The van der Waals surface area contributed by atoms with Crippen LogP contribution in [-0.2, 0) is 30.5 Å². The second-order valence-electron chi connectivity index (χ2n) is 7.97. The maximum absolute atomic E-state index is 13.8. The number of carbonyl (C=O) groups excluding carboxylic acids is 2. The van der Waals surface area contributed by atoms with Crippen molar-refractivity contribution in [2.75, 3.05) is 13.1 Å². The number of alkyl halides is 3. The molecule has 1 atom stereocenters. The molecule has 0 saturated heterocycles.